The number of nitrogens with one attached hydrogen (secondary N) is 1. The van der Waals surface area contributed by atoms with Gasteiger partial charge in [0, 0.05) is 19.6 Å². The van der Waals surface area contributed by atoms with E-state index < -0.39 is 6.04 Å². The van der Waals surface area contributed by atoms with Crippen LogP contribution in [0.5, 0.6) is 0 Å². The molecule has 1 N–H and O–H groups in total. The molecule has 0 fully saturated rings. The molecule has 0 saturated heterocycles. The van der Waals surface area contributed by atoms with Crippen LogP contribution in [-0.4, -0.2) is 30.4 Å². The number of carbonyl (C=O) groups excluding carboxylic acids is 1. The van der Waals surface area contributed by atoms with Crippen LogP contribution in [-0.2, 0) is 11.2 Å². The molecule has 0 saturated carbocycles. The van der Waals surface area contributed by atoms with E-state index in [1.807, 2.05) is 55.1 Å². The lowest BCUT2D eigenvalue weighted by atomic mass is 10.0. The van der Waals surface area contributed by atoms with Gasteiger partial charge in [-0.15, -0.1) is 0 Å². The fourth-order valence-corrected chi connectivity index (χ4v) is 2.76. The van der Waals surface area contributed by atoms with Crippen LogP contribution < -0.4 is 5.32 Å². The van der Waals surface area contributed by atoms with E-state index in [-0.39, 0.29) is 11.7 Å². The Morgan fingerprint density at radius 3 is 2.29 bits per heavy atom. The summed E-state index contributed by atoms with van der Waals surface area (Å²) in [5, 5.41) is 3.30. The minimum absolute atomic E-state index is 0.0553. The second-order valence-corrected chi connectivity index (χ2v) is 5.65. The number of carbonyl (C=O) groups is 1. The molecule has 0 spiro atoms. The molecule has 128 valence electrons. The van der Waals surface area contributed by atoms with Crippen LogP contribution >= 0.6 is 0 Å². The summed E-state index contributed by atoms with van der Waals surface area (Å²) in [7, 11) is 0. The van der Waals surface area contributed by atoms with Crippen molar-refractivity contribution in [3.05, 3.63) is 71.5 Å². The Labute approximate surface area is 143 Å². The largest absolute Gasteiger partial charge is 0.342 e. The van der Waals surface area contributed by atoms with Crippen molar-refractivity contribution in [1.82, 2.24) is 10.2 Å². The van der Waals surface area contributed by atoms with Gasteiger partial charge in [0.25, 0.3) is 0 Å². The van der Waals surface area contributed by atoms with Crippen molar-refractivity contribution in [2.75, 3.05) is 19.6 Å². The Morgan fingerprint density at radius 1 is 1.04 bits per heavy atom. The van der Waals surface area contributed by atoms with Gasteiger partial charge in [-0.05, 0) is 37.5 Å². The van der Waals surface area contributed by atoms with Gasteiger partial charge < -0.3 is 10.2 Å². The number of nitrogens with zero attached hydrogens (tertiary/aromatic N) is 1. The fraction of sp³-hybridized carbons (Fsp3) is 0.350. The van der Waals surface area contributed by atoms with E-state index in [9.17, 15) is 9.18 Å². The number of hydrogen-bond donors (Lipinski definition) is 1. The van der Waals surface area contributed by atoms with Crippen molar-refractivity contribution in [3.63, 3.8) is 0 Å². The number of halogens is 1. The van der Waals surface area contributed by atoms with Crippen molar-refractivity contribution >= 4 is 5.91 Å². The Kier molecular flexibility index (Phi) is 6.94. The molecule has 0 aromatic heterocycles. The molecular formula is C20H25FN2O. The Morgan fingerprint density at radius 2 is 1.67 bits per heavy atom. The highest BCUT2D eigenvalue weighted by Gasteiger charge is 2.23. The van der Waals surface area contributed by atoms with Crippen molar-refractivity contribution in [2.45, 2.75) is 26.3 Å². The normalized spacial score (nSPS) is 12.0. The zero-order valence-electron chi connectivity index (χ0n) is 14.3. The summed E-state index contributed by atoms with van der Waals surface area (Å²) in [5.74, 6) is -0.148. The van der Waals surface area contributed by atoms with Crippen LogP contribution in [0.1, 0.15) is 31.0 Å². The minimum atomic E-state index is -0.405. The minimum Gasteiger partial charge on any atom is -0.342 e. The van der Waals surface area contributed by atoms with E-state index in [4.69, 9.17) is 0 Å². The van der Waals surface area contributed by atoms with E-state index in [1.54, 1.807) is 12.1 Å². The quantitative estimate of drug-likeness (QED) is 0.803. The van der Waals surface area contributed by atoms with Gasteiger partial charge in [-0.1, -0.05) is 48.5 Å². The smallest absolute Gasteiger partial charge is 0.244 e. The fourth-order valence-electron chi connectivity index (χ4n) is 2.76. The first-order valence-electron chi connectivity index (χ1n) is 8.47. The third kappa shape index (κ3) is 4.65. The molecule has 0 aliphatic heterocycles. The van der Waals surface area contributed by atoms with Gasteiger partial charge in [-0.2, -0.15) is 0 Å². The second-order valence-electron chi connectivity index (χ2n) is 5.65. The van der Waals surface area contributed by atoms with Crippen molar-refractivity contribution in [2.24, 2.45) is 0 Å². The third-order valence-corrected chi connectivity index (χ3v) is 4.16. The van der Waals surface area contributed by atoms with Crippen molar-refractivity contribution in [3.8, 4) is 0 Å². The molecule has 24 heavy (non-hydrogen) atoms. The molecule has 1 atom stereocenters. The number of benzene rings is 2. The zero-order chi connectivity index (χ0) is 17.4. The van der Waals surface area contributed by atoms with Crippen molar-refractivity contribution in [1.29, 1.82) is 0 Å². The second kappa shape index (κ2) is 9.18. The molecule has 0 heterocycles. The number of likely N-dealkylation sites (N-methyl/N-ethyl adjacent to an activating group) is 1. The predicted molar refractivity (Wildman–Crippen MR) is 95.2 cm³/mol. The number of hydrogen-bond acceptors (Lipinski definition) is 2. The van der Waals surface area contributed by atoms with E-state index in [2.05, 4.69) is 5.32 Å². The maximum absolute atomic E-state index is 13.7. The average molecular weight is 328 g/mol. The summed E-state index contributed by atoms with van der Waals surface area (Å²) >= 11 is 0. The summed E-state index contributed by atoms with van der Waals surface area (Å²) < 4.78 is 13.7. The Hall–Kier alpha value is -2.20. The molecule has 2 aromatic carbocycles. The van der Waals surface area contributed by atoms with Crippen LogP contribution in [0, 0.1) is 5.82 Å². The van der Waals surface area contributed by atoms with Gasteiger partial charge in [-0.3, -0.25) is 4.79 Å². The molecule has 0 radical (unpaired) electrons. The van der Waals surface area contributed by atoms with E-state index >= 15 is 0 Å². The predicted octanol–water partition coefficient (Wildman–Crippen LogP) is 3.57. The lowest BCUT2D eigenvalue weighted by Gasteiger charge is -2.26. The Balaban J connectivity index is 2.09. The summed E-state index contributed by atoms with van der Waals surface area (Å²) in [6.07, 6.45) is 0.543. The molecule has 0 aliphatic rings. The SMILES string of the molecule is CCN(CC)C(=O)C(NCCc1ccccc1F)c1ccccc1. The topological polar surface area (TPSA) is 32.3 Å². The molecule has 0 bridgehead atoms. The van der Waals surface area contributed by atoms with Crippen LogP contribution in [0.4, 0.5) is 4.39 Å². The average Bonchev–Trinajstić information content (AvgIpc) is 2.62. The first kappa shape index (κ1) is 18.1. The maximum Gasteiger partial charge on any atom is 0.244 e. The molecular weight excluding hydrogens is 303 g/mol. The summed E-state index contributed by atoms with van der Waals surface area (Å²) in [6, 6.07) is 16.0. The third-order valence-electron chi connectivity index (χ3n) is 4.16. The number of rotatable bonds is 8. The van der Waals surface area contributed by atoms with E-state index in [1.165, 1.54) is 6.07 Å². The summed E-state index contributed by atoms with van der Waals surface area (Å²) in [6.45, 7) is 5.83. The van der Waals surface area contributed by atoms with Crippen LogP contribution in [0.3, 0.4) is 0 Å². The standard InChI is InChI=1S/C20H25FN2O/c1-3-23(4-2)20(24)19(17-11-6-5-7-12-17)22-15-14-16-10-8-9-13-18(16)21/h5-13,19,22H,3-4,14-15H2,1-2H3. The van der Waals surface area contributed by atoms with Gasteiger partial charge in [0.1, 0.15) is 11.9 Å². The molecule has 0 aliphatic carbocycles. The molecule has 2 rings (SSSR count). The lowest BCUT2D eigenvalue weighted by Crippen LogP contribution is -2.41. The summed E-state index contributed by atoms with van der Waals surface area (Å²) in [5.41, 5.74) is 1.59. The van der Waals surface area contributed by atoms with Gasteiger partial charge in [0.05, 0.1) is 0 Å². The summed E-state index contributed by atoms with van der Waals surface area (Å²) in [4.78, 5) is 14.6. The van der Waals surface area contributed by atoms with Crippen molar-refractivity contribution < 1.29 is 9.18 Å². The van der Waals surface area contributed by atoms with E-state index in [0.717, 1.165) is 5.56 Å². The first-order chi connectivity index (χ1) is 11.7. The highest BCUT2D eigenvalue weighted by molar-refractivity contribution is 5.83. The molecule has 1 amide bonds. The lowest BCUT2D eigenvalue weighted by molar-refractivity contribution is -0.133. The molecule has 2 aromatic rings. The van der Waals surface area contributed by atoms with Crippen LogP contribution in [0.15, 0.2) is 54.6 Å². The van der Waals surface area contributed by atoms with Crippen LogP contribution in [0.2, 0.25) is 0 Å². The number of amides is 1. The highest BCUT2D eigenvalue weighted by Crippen LogP contribution is 2.16. The van der Waals surface area contributed by atoms with Gasteiger partial charge in [0.15, 0.2) is 0 Å². The Bertz CT molecular complexity index is 641. The van der Waals surface area contributed by atoms with Gasteiger partial charge in [0.2, 0.25) is 5.91 Å². The van der Waals surface area contributed by atoms with Crippen LogP contribution in [0.25, 0.3) is 0 Å². The monoisotopic (exact) mass is 328 g/mol. The van der Waals surface area contributed by atoms with Gasteiger partial charge in [-0.25, -0.2) is 4.39 Å². The first-order valence-corrected chi connectivity index (χ1v) is 8.47. The maximum atomic E-state index is 13.7. The zero-order valence-corrected chi connectivity index (χ0v) is 14.3. The van der Waals surface area contributed by atoms with Gasteiger partial charge >= 0.3 is 0 Å². The molecule has 4 heteroatoms. The van der Waals surface area contributed by atoms with E-state index in [0.29, 0.717) is 31.6 Å². The molecule has 3 nitrogen and oxygen atoms in total. The highest BCUT2D eigenvalue weighted by atomic mass is 19.1. The molecule has 1 unspecified atom stereocenters.